The van der Waals surface area contributed by atoms with Crippen LogP contribution in [0.2, 0.25) is 0 Å². The van der Waals surface area contributed by atoms with Crippen molar-refractivity contribution in [3.8, 4) is 6.07 Å². The van der Waals surface area contributed by atoms with Gasteiger partial charge in [-0.05, 0) is 24.1 Å². The maximum atomic E-state index is 10.8. The number of nitriles is 1. The Morgan fingerprint density at radius 1 is 1.29 bits per heavy atom. The zero-order valence-electron chi connectivity index (χ0n) is 11.5. The minimum absolute atomic E-state index is 0.215. The number of nitrogens with one attached hydrogen (secondary N) is 1. The molecule has 0 saturated carbocycles. The van der Waals surface area contributed by atoms with Crippen LogP contribution in [0, 0.1) is 11.3 Å². The molecule has 0 saturated heterocycles. The molecule has 1 aromatic heterocycles. The van der Waals surface area contributed by atoms with E-state index in [1.807, 2.05) is 37.3 Å². The summed E-state index contributed by atoms with van der Waals surface area (Å²) in [4.78, 5) is 8.01. The van der Waals surface area contributed by atoms with Crippen LogP contribution in [0.4, 0.5) is 5.82 Å². The number of hydrogen-bond donors (Lipinski definition) is 2. The van der Waals surface area contributed by atoms with E-state index in [-0.39, 0.29) is 12.2 Å². The van der Waals surface area contributed by atoms with Crippen molar-refractivity contribution >= 4 is 21.7 Å². The number of aliphatic hydroxyl groups is 1. The molecular weight excluding hydrogens is 332 g/mol. The largest absolute Gasteiger partial charge is 0.383 e. The lowest BCUT2D eigenvalue weighted by molar-refractivity contribution is 0.0463. The molecule has 0 fully saturated rings. The summed E-state index contributed by atoms with van der Waals surface area (Å²) in [6.07, 6.45) is 3.50. The summed E-state index contributed by atoms with van der Waals surface area (Å²) in [6.45, 7) is 2.16. The molecule has 21 heavy (non-hydrogen) atoms. The van der Waals surface area contributed by atoms with Crippen molar-refractivity contribution in [1.82, 2.24) is 9.97 Å². The fourth-order valence-electron chi connectivity index (χ4n) is 1.97. The van der Waals surface area contributed by atoms with Gasteiger partial charge in [-0.1, -0.05) is 35.0 Å². The van der Waals surface area contributed by atoms with E-state index < -0.39 is 5.60 Å². The molecule has 0 aliphatic carbocycles. The van der Waals surface area contributed by atoms with Gasteiger partial charge in [0.2, 0.25) is 0 Å². The van der Waals surface area contributed by atoms with Gasteiger partial charge in [-0.3, -0.25) is 0 Å². The molecule has 2 N–H and O–H groups in total. The summed E-state index contributed by atoms with van der Waals surface area (Å²) in [5.74, 6) is 0.379. The summed E-state index contributed by atoms with van der Waals surface area (Å²) >= 11 is 3.38. The molecule has 0 radical (unpaired) electrons. The number of rotatable bonds is 5. The average molecular weight is 347 g/mol. The number of halogens is 1. The van der Waals surface area contributed by atoms with E-state index >= 15 is 0 Å². The highest BCUT2D eigenvalue weighted by atomic mass is 79.9. The monoisotopic (exact) mass is 346 g/mol. The lowest BCUT2D eigenvalue weighted by atomic mass is 9.91. The van der Waals surface area contributed by atoms with Gasteiger partial charge in [0.05, 0.1) is 0 Å². The van der Waals surface area contributed by atoms with Gasteiger partial charge in [-0.25, -0.2) is 9.97 Å². The van der Waals surface area contributed by atoms with E-state index in [0.717, 1.165) is 10.0 Å². The molecule has 108 valence electrons. The minimum Gasteiger partial charge on any atom is -0.383 e. The number of aromatic nitrogens is 2. The van der Waals surface area contributed by atoms with Gasteiger partial charge in [-0.15, -0.1) is 0 Å². The maximum Gasteiger partial charge on any atom is 0.182 e. The fourth-order valence-corrected chi connectivity index (χ4v) is 2.23. The van der Waals surface area contributed by atoms with E-state index in [0.29, 0.717) is 12.2 Å². The van der Waals surface area contributed by atoms with Crippen molar-refractivity contribution in [2.45, 2.75) is 18.9 Å². The predicted molar refractivity (Wildman–Crippen MR) is 83.6 cm³/mol. The first-order chi connectivity index (χ1) is 10.1. The van der Waals surface area contributed by atoms with Gasteiger partial charge in [-0.2, -0.15) is 5.26 Å². The maximum absolute atomic E-state index is 10.8. The number of hydrogen-bond acceptors (Lipinski definition) is 5. The number of benzene rings is 1. The van der Waals surface area contributed by atoms with Crippen molar-refractivity contribution in [1.29, 1.82) is 5.26 Å². The molecule has 0 spiro atoms. The second kappa shape index (κ2) is 6.66. The predicted octanol–water partition coefficient (Wildman–Crippen LogP) is 2.82. The molecular formula is C15H15BrN4O. The van der Waals surface area contributed by atoms with Crippen LogP contribution in [-0.2, 0) is 5.60 Å². The second-order valence-corrected chi connectivity index (χ2v) is 5.53. The molecule has 0 aliphatic heterocycles. The first kappa shape index (κ1) is 15.4. The molecule has 0 amide bonds. The van der Waals surface area contributed by atoms with E-state index in [1.54, 1.807) is 0 Å². The Morgan fingerprint density at radius 3 is 2.57 bits per heavy atom. The van der Waals surface area contributed by atoms with E-state index in [1.165, 1.54) is 12.4 Å². The highest BCUT2D eigenvalue weighted by molar-refractivity contribution is 9.10. The van der Waals surface area contributed by atoms with Crippen molar-refractivity contribution in [3.05, 3.63) is 52.4 Å². The molecule has 0 unspecified atom stereocenters. The minimum atomic E-state index is -1.04. The zero-order chi connectivity index (χ0) is 15.3. The Bertz CT molecular complexity index is 653. The highest BCUT2D eigenvalue weighted by Crippen LogP contribution is 2.27. The Hall–Kier alpha value is -1.97. The summed E-state index contributed by atoms with van der Waals surface area (Å²) < 4.78 is 0.957. The Balaban J connectivity index is 2.19. The van der Waals surface area contributed by atoms with Crippen LogP contribution in [0.25, 0.3) is 0 Å². The van der Waals surface area contributed by atoms with Crippen molar-refractivity contribution < 1.29 is 5.11 Å². The van der Waals surface area contributed by atoms with Gasteiger partial charge < -0.3 is 10.4 Å². The molecule has 6 heteroatoms. The second-order valence-electron chi connectivity index (χ2n) is 4.61. The molecule has 2 aromatic rings. The third kappa shape index (κ3) is 3.57. The Labute approximate surface area is 131 Å². The standard InChI is InChI=1S/C15H15BrN4O/c1-2-15(21,11-3-5-12(16)6-4-11)10-20-14-13(9-17)18-7-8-19-14/h3-8,21H,2,10H2,1H3,(H,19,20)/t15-/m1/s1. The lowest BCUT2D eigenvalue weighted by Crippen LogP contribution is -2.34. The molecule has 5 nitrogen and oxygen atoms in total. The average Bonchev–Trinajstić information content (AvgIpc) is 2.53. The molecule has 0 aliphatic rings. The quantitative estimate of drug-likeness (QED) is 0.869. The normalized spacial score (nSPS) is 13.2. The van der Waals surface area contributed by atoms with E-state index in [2.05, 4.69) is 31.2 Å². The zero-order valence-corrected chi connectivity index (χ0v) is 13.1. The van der Waals surface area contributed by atoms with Crippen molar-refractivity contribution in [3.63, 3.8) is 0 Å². The van der Waals surface area contributed by atoms with Gasteiger partial charge in [0.1, 0.15) is 11.7 Å². The molecule has 0 bridgehead atoms. The van der Waals surface area contributed by atoms with Crippen molar-refractivity contribution in [2.75, 3.05) is 11.9 Å². The molecule has 1 atom stereocenters. The Kier molecular flexibility index (Phi) is 4.89. The van der Waals surface area contributed by atoms with Gasteiger partial charge in [0.25, 0.3) is 0 Å². The smallest absolute Gasteiger partial charge is 0.182 e. The topological polar surface area (TPSA) is 81.8 Å². The van der Waals surface area contributed by atoms with Crippen LogP contribution in [-0.4, -0.2) is 21.6 Å². The fraction of sp³-hybridized carbons (Fsp3) is 0.267. The van der Waals surface area contributed by atoms with Gasteiger partial charge in [0.15, 0.2) is 11.5 Å². The third-order valence-electron chi connectivity index (χ3n) is 3.32. The van der Waals surface area contributed by atoms with Crippen LogP contribution < -0.4 is 5.32 Å². The van der Waals surface area contributed by atoms with E-state index in [9.17, 15) is 5.11 Å². The van der Waals surface area contributed by atoms with Crippen LogP contribution in [0.15, 0.2) is 41.1 Å². The SMILES string of the molecule is CC[C@@](O)(CNc1nccnc1C#N)c1ccc(Br)cc1. The van der Waals surface area contributed by atoms with E-state index in [4.69, 9.17) is 5.26 Å². The third-order valence-corrected chi connectivity index (χ3v) is 3.85. The summed E-state index contributed by atoms with van der Waals surface area (Å²) in [7, 11) is 0. The van der Waals surface area contributed by atoms with Gasteiger partial charge in [0, 0.05) is 23.4 Å². The molecule has 1 heterocycles. The van der Waals surface area contributed by atoms with Crippen LogP contribution in [0.3, 0.4) is 0 Å². The summed E-state index contributed by atoms with van der Waals surface area (Å²) in [5.41, 5.74) is -0.0137. The highest BCUT2D eigenvalue weighted by Gasteiger charge is 2.27. The number of nitrogens with zero attached hydrogens (tertiary/aromatic N) is 3. The lowest BCUT2D eigenvalue weighted by Gasteiger charge is -2.28. The van der Waals surface area contributed by atoms with Crippen LogP contribution in [0.1, 0.15) is 24.6 Å². The Morgan fingerprint density at radius 2 is 1.95 bits per heavy atom. The van der Waals surface area contributed by atoms with Crippen molar-refractivity contribution in [2.24, 2.45) is 0 Å². The molecule has 1 aromatic carbocycles. The summed E-state index contributed by atoms with van der Waals surface area (Å²) in [6, 6.07) is 9.49. The first-order valence-electron chi connectivity index (χ1n) is 6.52. The van der Waals surface area contributed by atoms with Crippen LogP contribution in [0.5, 0.6) is 0 Å². The summed E-state index contributed by atoms with van der Waals surface area (Å²) in [5, 5.41) is 22.8. The molecule has 2 rings (SSSR count). The van der Waals surface area contributed by atoms with Crippen LogP contribution >= 0.6 is 15.9 Å². The first-order valence-corrected chi connectivity index (χ1v) is 7.32. The van der Waals surface area contributed by atoms with Gasteiger partial charge >= 0.3 is 0 Å². The number of anilines is 1.